The summed E-state index contributed by atoms with van der Waals surface area (Å²) in [6, 6.07) is 0. The first kappa shape index (κ1) is 14.5. The molecule has 6 nitrogen and oxygen atoms in total. The molecular formula is C9H18O6. The fourth-order valence-corrected chi connectivity index (χ4v) is 1.22. The van der Waals surface area contributed by atoms with Crippen molar-refractivity contribution in [2.75, 3.05) is 27.9 Å². The quantitative estimate of drug-likeness (QED) is 0.490. The Balaban J connectivity index is 4.43. The highest BCUT2D eigenvalue weighted by Crippen LogP contribution is 2.10. The van der Waals surface area contributed by atoms with Crippen molar-refractivity contribution in [2.45, 2.75) is 24.4 Å². The maximum atomic E-state index is 10.6. The van der Waals surface area contributed by atoms with Crippen LogP contribution < -0.4 is 0 Å². The average Bonchev–Trinajstić information content (AvgIpc) is 2.25. The molecule has 0 aromatic carbocycles. The van der Waals surface area contributed by atoms with Gasteiger partial charge in [0, 0.05) is 21.3 Å². The normalized spacial score (nSPS) is 19.3. The Morgan fingerprint density at radius 1 is 1.20 bits per heavy atom. The molecule has 4 atom stereocenters. The third-order valence-electron chi connectivity index (χ3n) is 2.07. The monoisotopic (exact) mass is 222 g/mol. The highest BCUT2D eigenvalue weighted by Gasteiger charge is 2.33. The van der Waals surface area contributed by atoms with Gasteiger partial charge in [-0.2, -0.15) is 0 Å². The van der Waals surface area contributed by atoms with E-state index in [1.54, 1.807) is 0 Å². The van der Waals surface area contributed by atoms with Crippen molar-refractivity contribution >= 4 is 6.29 Å². The van der Waals surface area contributed by atoms with Gasteiger partial charge in [-0.3, -0.25) is 0 Å². The molecule has 0 fully saturated rings. The van der Waals surface area contributed by atoms with Gasteiger partial charge in [0.2, 0.25) is 0 Å². The molecule has 0 rings (SSSR count). The zero-order valence-electron chi connectivity index (χ0n) is 9.12. The smallest absolute Gasteiger partial charge is 0.151 e. The molecule has 0 aliphatic carbocycles. The van der Waals surface area contributed by atoms with Crippen molar-refractivity contribution in [2.24, 2.45) is 0 Å². The number of hydrogen-bond acceptors (Lipinski definition) is 6. The van der Waals surface area contributed by atoms with Gasteiger partial charge in [0.25, 0.3) is 0 Å². The van der Waals surface area contributed by atoms with E-state index in [1.807, 2.05) is 0 Å². The van der Waals surface area contributed by atoms with E-state index in [9.17, 15) is 15.0 Å². The summed E-state index contributed by atoms with van der Waals surface area (Å²) in [5, 5.41) is 19.1. The number of methoxy groups -OCH3 is 3. The first-order valence-electron chi connectivity index (χ1n) is 4.48. The predicted molar refractivity (Wildman–Crippen MR) is 51.5 cm³/mol. The molecular weight excluding hydrogens is 204 g/mol. The van der Waals surface area contributed by atoms with E-state index in [1.165, 1.54) is 21.3 Å². The Bertz CT molecular complexity index is 174. The molecule has 0 saturated carbocycles. The Labute approximate surface area is 88.7 Å². The lowest BCUT2D eigenvalue weighted by Gasteiger charge is -2.28. The predicted octanol–water partition coefficient (Wildman–Crippen LogP) is -1.42. The van der Waals surface area contributed by atoms with Crippen LogP contribution in [0.3, 0.4) is 0 Å². The van der Waals surface area contributed by atoms with Crippen LogP contribution in [0.1, 0.15) is 0 Å². The first-order valence-corrected chi connectivity index (χ1v) is 4.48. The van der Waals surface area contributed by atoms with E-state index in [4.69, 9.17) is 9.47 Å². The largest absolute Gasteiger partial charge is 0.388 e. The zero-order valence-corrected chi connectivity index (χ0v) is 9.12. The maximum Gasteiger partial charge on any atom is 0.151 e. The summed E-state index contributed by atoms with van der Waals surface area (Å²) in [5.74, 6) is 0. The minimum atomic E-state index is -1.25. The van der Waals surface area contributed by atoms with Gasteiger partial charge in [-0.1, -0.05) is 0 Å². The molecule has 0 aliphatic heterocycles. The second-order valence-electron chi connectivity index (χ2n) is 3.05. The molecule has 0 unspecified atom stereocenters. The highest BCUT2D eigenvalue weighted by molar-refractivity contribution is 5.57. The maximum absolute atomic E-state index is 10.6. The summed E-state index contributed by atoms with van der Waals surface area (Å²) in [5.41, 5.74) is 0. The molecule has 0 amide bonds. The molecule has 0 saturated heterocycles. The van der Waals surface area contributed by atoms with Crippen LogP contribution in [-0.2, 0) is 19.0 Å². The van der Waals surface area contributed by atoms with E-state index in [-0.39, 0.29) is 6.61 Å². The molecule has 0 aromatic heterocycles. The van der Waals surface area contributed by atoms with E-state index in [0.717, 1.165) is 0 Å². The minimum Gasteiger partial charge on any atom is -0.388 e. The lowest BCUT2D eigenvalue weighted by atomic mass is 10.0. The Kier molecular flexibility index (Phi) is 7.45. The van der Waals surface area contributed by atoms with Gasteiger partial charge in [-0.15, -0.1) is 0 Å². The third kappa shape index (κ3) is 4.23. The van der Waals surface area contributed by atoms with Gasteiger partial charge < -0.3 is 29.2 Å². The fourth-order valence-electron chi connectivity index (χ4n) is 1.22. The second-order valence-corrected chi connectivity index (χ2v) is 3.05. The standard InChI is InChI=1S/C9H18O6/c1-13-5-6(11)8(12)9(15-3)7(4-10)14-2/h4,6-9,11-12H,5H2,1-3H3/t6-,7+,8-,9-/m1/s1. The molecule has 90 valence electrons. The summed E-state index contributed by atoms with van der Waals surface area (Å²) >= 11 is 0. The number of carbonyl (C=O) groups excluding carboxylic acids is 1. The van der Waals surface area contributed by atoms with Crippen LogP contribution >= 0.6 is 0 Å². The van der Waals surface area contributed by atoms with Crippen LogP contribution in [0.5, 0.6) is 0 Å². The molecule has 0 bridgehead atoms. The summed E-state index contributed by atoms with van der Waals surface area (Å²) in [6.45, 7) is -0.0453. The van der Waals surface area contributed by atoms with Crippen molar-refractivity contribution in [1.29, 1.82) is 0 Å². The topological polar surface area (TPSA) is 85.2 Å². The Morgan fingerprint density at radius 3 is 2.13 bits per heavy atom. The molecule has 15 heavy (non-hydrogen) atoms. The van der Waals surface area contributed by atoms with Crippen molar-refractivity contribution < 1.29 is 29.2 Å². The van der Waals surface area contributed by atoms with Gasteiger partial charge in [0.15, 0.2) is 6.29 Å². The summed E-state index contributed by atoms with van der Waals surface area (Å²) in [7, 11) is 4.04. The molecule has 6 heteroatoms. The van der Waals surface area contributed by atoms with Gasteiger partial charge >= 0.3 is 0 Å². The SMILES string of the molecule is COC[C@@H](O)[C@@H](O)[C@H](OC)[C@H](C=O)OC. The van der Waals surface area contributed by atoms with Crippen molar-refractivity contribution in [3.63, 3.8) is 0 Å². The second kappa shape index (κ2) is 7.72. The van der Waals surface area contributed by atoms with E-state index in [2.05, 4.69) is 4.74 Å². The van der Waals surface area contributed by atoms with E-state index < -0.39 is 24.4 Å². The molecule has 0 aromatic rings. The number of hydrogen-bond donors (Lipinski definition) is 2. The van der Waals surface area contributed by atoms with Crippen LogP contribution in [0.25, 0.3) is 0 Å². The van der Waals surface area contributed by atoms with Crippen molar-refractivity contribution in [3.8, 4) is 0 Å². The van der Waals surface area contributed by atoms with Gasteiger partial charge in [0.05, 0.1) is 6.61 Å². The summed E-state index contributed by atoms with van der Waals surface area (Å²) in [4.78, 5) is 10.6. The molecule has 0 heterocycles. The summed E-state index contributed by atoms with van der Waals surface area (Å²) < 4.78 is 14.4. The zero-order chi connectivity index (χ0) is 11.8. The van der Waals surface area contributed by atoms with Crippen LogP contribution in [0.4, 0.5) is 0 Å². The van der Waals surface area contributed by atoms with Gasteiger partial charge in [-0.25, -0.2) is 0 Å². The lowest BCUT2D eigenvalue weighted by molar-refractivity contribution is -0.149. The van der Waals surface area contributed by atoms with Crippen LogP contribution in [0.2, 0.25) is 0 Å². The third-order valence-corrected chi connectivity index (χ3v) is 2.07. The van der Waals surface area contributed by atoms with Gasteiger partial charge in [0.1, 0.15) is 24.4 Å². The van der Waals surface area contributed by atoms with Crippen LogP contribution in [0, 0.1) is 0 Å². The van der Waals surface area contributed by atoms with Crippen molar-refractivity contribution in [1.82, 2.24) is 0 Å². The molecule has 0 aliphatic rings. The molecule has 2 N–H and O–H groups in total. The average molecular weight is 222 g/mol. The number of rotatable bonds is 8. The molecule has 0 radical (unpaired) electrons. The number of aliphatic hydroxyl groups is 2. The highest BCUT2D eigenvalue weighted by atomic mass is 16.5. The van der Waals surface area contributed by atoms with E-state index in [0.29, 0.717) is 6.29 Å². The lowest BCUT2D eigenvalue weighted by Crippen LogP contribution is -2.48. The minimum absolute atomic E-state index is 0.0453. The van der Waals surface area contributed by atoms with Crippen LogP contribution in [0.15, 0.2) is 0 Å². The summed E-state index contributed by atoms with van der Waals surface area (Å²) in [6.07, 6.45) is -3.70. The molecule has 0 spiro atoms. The number of ether oxygens (including phenoxy) is 3. The van der Waals surface area contributed by atoms with Crippen LogP contribution in [-0.4, -0.2) is 68.9 Å². The van der Waals surface area contributed by atoms with E-state index >= 15 is 0 Å². The fraction of sp³-hybridized carbons (Fsp3) is 0.889. The number of aliphatic hydroxyl groups excluding tert-OH is 2. The number of carbonyl (C=O) groups is 1. The van der Waals surface area contributed by atoms with Gasteiger partial charge in [-0.05, 0) is 0 Å². The Morgan fingerprint density at radius 2 is 1.80 bits per heavy atom. The first-order chi connectivity index (χ1) is 7.12. The van der Waals surface area contributed by atoms with Crippen molar-refractivity contribution in [3.05, 3.63) is 0 Å². The Hall–Kier alpha value is -0.530. The number of aldehydes is 1.